The predicted octanol–water partition coefficient (Wildman–Crippen LogP) is 2.74. The van der Waals surface area contributed by atoms with Gasteiger partial charge < -0.3 is 9.05 Å². The highest BCUT2D eigenvalue weighted by atomic mass is 32.2. The van der Waals surface area contributed by atoms with Crippen LogP contribution < -0.4 is 0 Å². The van der Waals surface area contributed by atoms with E-state index in [4.69, 9.17) is 13.6 Å². The van der Waals surface area contributed by atoms with E-state index in [0.29, 0.717) is 5.56 Å². The Morgan fingerprint density at radius 1 is 1.15 bits per heavy atom. The molecule has 0 aliphatic carbocycles. The van der Waals surface area contributed by atoms with Crippen molar-refractivity contribution in [1.29, 1.82) is 0 Å². The first-order chi connectivity index (χ1) is 9.32. The molecule has 0 aliphatic heterocycles. The van der Waals surface area contributed by atoms with Crippen LogP contribution in [-0.4, -0.2) is 32.3 Å². The van der Waals surface area contributed by atoms with Crippen LogP contribution in [0.25, 0.3) is 0 Å². The van der Waals surface area contributed by atoms with Gasteiger partial charge in [-0.15, -0.1) is 0 Å². The summed E-state index contributed by atoms with van der Waals surface area (Å²) in [5, 5.41) is 0. The van der Waals surface area contributed by atoms with Crippen molar-refractivity contribution in [2.24, 2.45) is 0 Å². The minimum atomic E-state index is -4.30. The summed E-state index contributed by atoms with van der Waals surface area (Å²) in [5.41, 5.74) is 0.384. The summed E-state index contributed by atoms with van der Waals surface area (Å²) in [5.74, 6) is 0. The first kappa shape index (κ1) is 17.3. The lowest BCUT2D eigenvalue weighted by Gasteiger charge is -2.17. The highest BCUT2D eigenvalue weighted by Crippen LogP contribution is 2.48. The Bertz CT molecular complexity index is 573. The van der Waals surface area contributed by atoms with Crippen molar-refractivity contribution >= 4 is 17.7 Å². The monoisotopic (exact) mass is 322 g/mol. The molecule has 0 fully saturated rings. The molecule has 1 aromatic carbocycles. The molecular weight excluding hydrogens is 303 g/mol. The zero-order valence-corrected chi connectivity index (χ0v) is 13.2. The summed E-state index contributed by atoms with van der Waals surface area (Å²) in [7, 11) is -7.53. The SMILES string of the molecule is CCOP(=O)(CCc1ccccc1S(=O)(=O)O)OCC. The van der Waals surface area contributed by atoms with Gasteiger partial charge in [0.05, 0.1) is 24.3 Å². The molecule has 1 aromatic rings. The highest BCUT2D eigenvalue weighted by molar-refractivity contribution is 7.85. The summed E-state index contributed by atoms with van der Waals surface area (Å²) < 4.78 is 54.2. The summed E-state index contributed by atoms with van der Waals surface area (Å²) in [6.07, 6.45) is 0.231. The van der Waals surface area contributed by atoms with Crippen molar-refractivity contribution in [1.82, 2.24) is 0 Å². The molecule has 20 heavy (non-hydrogen) atoms. The van der Waals surface area contributed by atoms with Crippen molar-refractivity contribution in [2.75, 3.05) is 19.4 Å². The van der Waals surface area contributed by atoms with Gasteiger partial charge in [-0.2, -0.15) is 8.42 Å². The molecule has 8 heteroatoms. The molecule has 0 aromatic heterocycles. The van der Waals surface area contributed by atoms with Gasteiger partial charge in [-0.25, -0.2) is 0 Å². The zero-order valence-electron chi connectivity index (χ0n) is 11.5. The Labute approximate surface area is 119 Å². The van der Waals surface area contributed by atoms with Gasteiger partial charge in [0.15, 0.2) is 0 Å². The Balaban J connectivity index is 2.92. The largest absolute Gasteiger partial charge is 0.330 e. The summed E-state index contributed by atoms with van der Waals surface area (Å²) >= 11 is 0. The lowest BCUT2D eigenvalue weighted by atomic mass is 10.2. The van der Waals surface area contributed by atoms with Crippen molar-refractivity contribution in [3.63, 3.8) is 0 Å². The second-order valence-electron chi connectivity index (χ2n) is 4.00. The van der Waals surface area contributed by atoms with Crippen LogP contribution in [0.1, 0.15) is 19.4 Å². The molecule has 0 aliphatic rings. The smallest absolute Gasteiger partial charge is 0.309 e. The van der Waals surface area contributed by atoms with Crippen molar-refractivity contribution in [2.45, 2.75) is 25.2 Å². The Hall–Kier alpha value is -0.720. The minimum absolute atomic E-state index is 0.0568. The van der Waals surface area contributed by atoms with Crippen LogP contribution in [0.3, 0.4) is 0 Å². The average Bonchev–Trinajstić information content (AvgIpc) is 2.36. The third-order valence-corrected chi connectivity index (χ3v) is 5.59. The van der Waals surface area contributed by atoms with Gasteiger partial charge in [-0.05, 0) is 31.9 Å². The van der Waals surface area contributed by atoms with Gasteiger partial charge in [-0.1, -0.05) is 18.2 Å². The molecule has 0 saturated carbocycles. The molecule has 0 unspecified atom stereocenters. The normalized spacial score (nSPS) is 12.6. The van der Waals surface area contributed by atoms with E-state index in [0.717, 1.165) is 0 Å². The Kier molecular flexibility index (Phi) is 6.36. The summed E-state index contributed by atoms with van der Waals surface area (Å²) in [6, 6.07) is 6.02. The van der Waals surface area contributed by atoms with E-state index in [1.807, 2.05) is 0 Å². The van der Waals surface area contributed by atoms with Crippen LogP contribution >= 0.6 is 7.60 Å². The Morgan fingerprint density at radius 3 is 2.20 bits per heavy atom. The molecule has 114 valence electrons. The zero-order chi connectivity index (χ0) is 15.2. The maximum Gasteiger partial charge on any atom is 0.330 e. The van der Waals surface area contributed by atoms with Gasteiger partial charge in [0.2, 0.25) is 0 Å². The van der Waals surface area contributed by atoms with Gasteiger partial charge in [0, 0.05) is 0 Å². The summed E-state index contributed by atoms with van der Waals surface area (Å²) in [4.78, 5) is -0.181. The molecular formula is C12H19O6PS. The van der Waals surface area contributed by atoms with Crippen LogP contribution in [0.4, 0.5) is 0 Å². The standard InChI is InChI=1S/C12H19O6PS/c1-3-17-19(13,18-4-2)10-9-11-7-5-6-8-12(11)20(14,15)16/h5-8H,3-4,9-10H2,1-2H3,(H,14,15,16). The fraction of sp³-hybridized carbons (Fsp3) is 0.500. The molecule has 0 heterocycles. The molecule has 1 N–H and O–H groups in total. The number of hydrogen-bond donors (Lipinski definition) is 1. The van der Waals surface area contributed by atoms with Crippen molar-refractivity contribution in [3.8, 4) is 0 Å². The van der Waals surface area contributed by atoms with E-state index >= 15 is 0 Å². The van der Waals surface area contributed by atoms with Gasteiger partial charge in [0.25, 0.3) is 10.1 Å². The average molecular weight is 322 g/mol. The van der Waals surface area contributed by atoms with Crippen LogP contribution in [0.2, 0.25) is 0 Å². The fourth-order valence-electron chi connectivity index (χ4n) is 1.78. The van der Waals surface area contributed by atoms with Gasteiger partial charge >= 0.3 is 7.60 Å². The minimum Gasteiger partial charge on any atom is -0.309 e. The van der Waals surface area contributed by atoms with Crippen LogP contribution in [0.5, 0.6) is 0 Å². The number of hydrogen-bond acceptors (Lipinski definition) is 5. The molecule has 0 bridgehead atoms. The first-order valence-corrected chi connectivity index (χ1v) is 9.42. The van der Waals surface area contributed by atoms with Gasteiger partial charge in [0.1, 0.15) is 0 Å². The number of rotatable bonds is 8. The van der Waals surface area contributed by atoms with E-state index in [9.17, 15) is 13.0 Å². The van der Waals surface area contributed by atoms with Crippen LogP contribution in [-0.2, 0) is 30.2 Å². The molecule has 0 amide bonds. The third kappa shape index (κ3) is 5.00. The quantitative estimate of drug-likeness (QED) is 0.584. The number of aryl methyl sites for hydroxylation is 1. The fourth-order valence-corrected chi connectivity index (χ4v) is 4.17. The molecule has 0 spiro atoms. The van der Waals surface area contributed by atoms with E-state index in [-0.39, 0.29) is 30.7 Å². The van der Waals surface area contributed by atoms with Crippen molar-refractivity contribution < 1.29 is 26.6 Å². The predicted molar refractivity (Wildman–Crippen MR) is 75.7 cm³/mol. The molecule has 6 nitrogen and oxygen atoms in total. The maximum absolute atomic E-state index is 12.3. The van der Waals surface area contributed by atoms with Crippen molar-refractivity contribution in [3.05, 3.63) is 29.8 Å². The second kappa shape index (κ2) is 7.33. The van der Waals surface area contributed by atoms with Crippen LogP contribution in [0.15, 0.2) is 29.2 Å². The maximum atomic E-state index is 12.3. The van der Waals surface area contributed by atoms with E-state index in [1.165, 1.54) is 12.1 Å². The first-order valence-electron chi connectivity index (χ1n) is 6.26. The van der Waals surface area contributed by atoms with E-state index in [2.05, 4.69) is 0 Å². The van der Waals surface area contributed by atoms with E-state index in [1.54, 1.807) is 26.0 Å². The molecule has 0 saturated heterocycles. The number of benzene rings is 1. The van der Waals surface area contributed by atoms with E-state index < -0.39 is 17.7 Å². The van der Waals surface area contributed by atoms with Crippen LogP contribution in [0, 0.1) is 0 Å². The lowest BCUT2D eigenvalue weighted by molar-refractivity contribution is 0.220. The lowest BCUT2D eigenvalue weighted by Crippen LogP contribution is -2.07. The topological polar surface area (TPSA) is 89.9 Å². The Morgan fingerprint density at radius 2 is 1.70 bits per heavy atom. The summed E-state index contributed by atoms with van der Waals surface area (Å²) in [6.45, 7) is 3.91. The molecule has 0 atom stereocenters. The highest BCUT2D eigenvalue weighted by Gasteiger charge is 2.24. The molecule has 0 radical (unpaired) electrons. The molecule has 1 rings (SSSR count). The second-order valence-corrected chi connectivity index (χ2v) is 7.58. The van der Waals surface area contributed by atoms with Gasteiger partial charge in [-0.3, -0.25) is 9.12 Å². The third-order valence-electron chi connectivity index (χ3n) is 2.56.